The SMILES string of the molecule is COC(=O)C1=C(C(=O)OC)N(c2ccc(C(=O)NCc3cccnc3)cc2)C=CC=C1. The molecular formula is C23H21N3O5. The summed E-state index contributed by atoms with van der Waals surface area (Å²) in [5.74, 6) is -1.62. The molecule has 0 saturated carbocycles. The molecule has 1 aliphatic heterocycles. The van der Waals surface area contributed by atoms with Crippen molar-refractivity contribution in [1.82, 2.24) is 10.3 Å². The summed E-state index contributed by atoms with van der Waals surface area (Å²) in [4.78, 5) is 42.6. The number of methoxy groups -OCH3 is 2. The van der Waals surface area contributed by atoms with Crippen LogP contribution in [0.25, 0.3) is 0 Å². The van der Waals surface area contributed by atoms with Crippen molar-refractivity contribution in [3.63, 3.8) is 0 Å². The van der Waals surface area contributed by atoms with Gasteiger partial charge in [-0.05, 0) is 48.0 Å². The quantitative estimate of drug-likeness (QED) is 0.719. The van der Waals surface area contributed by atoms with Crippen molar-refractivity contribution in [2.75, 3.05) is 19.1 Å². The summed E-state index contributed by atoms with van der Waals surface area (Å²) in [7, 11) is 2.47. The zero-order chi connectivity index (χ0) is 22.2. The number of pyridine rings is 1. The molecule has 0 bridgehead atoms. The molecule has 0 fully saturated rings. The van der Waals surface area contributed by atoms with Gasteiger partial charge in [0.05, 0.1) is 19.8 Å². The van der Waals surface area contributed by atoms with E-state index in [1.807, 2.05) is 6.07 Å². The maximum atomic E-state index is 12.5. The number of esters is 2. The van der Waals surface area contributed by atoms with Crippen LogP contribution < -0.4 is 10.2 Å². The van der Waals surface area contributed by atoms with Gasteiger partial charge < -0.3 is 19.7 Å². The molecule has 2 heterocycles. The predicted octanol–water partition coefficient (Wildman–Crippen LogP) is 2.50. The Morgan fingerprint density at radius 3 is 2.39 bits per heavy atom. The lowest BCUT2D eigenvalue weighted by molar-refractivity contribution is -0.139. The van der Waals surface area contributed by atoms with Gasteiger partial charge in [-0.2, -0.15) is 0 Å². The fourth-order valence-electron chi connectivity index (χ4n) is 2.93. The van der Waals surface area contributed by atoms with Gasteiger partial charge in [-0.25, -0.2) is 9.59 Å². The van der Waals surface area contributed by atoms with E-state index in [1.54, 1.807) is 61.1 Å². The van der Waals surface area contributed by atoms with Crippen molar-refractivity contribution in [1.29, 1.82) is 0 Å². The molecule has 0 atom stereocenters. The summed E-state index contributed by atoms with van der Waals surface area (Å²) in [6.45, 7) is 0.354. The number of hydrogen-bond donors (Lipinski definition) is 1. The summed E-state index contributed by atoms with van der Waals surface area (Å²) >= 11 is 0. The highest BCUT2D eigenvalue weighted by Gasteiger charge is 2.27. The van der Waals surface area contributed by atoms with Gasteiger partial charge in [0, 0.05) is 36.4 Å². The van der Waals surface area contributed by atoms with Crippen LogP contribution in [-0.4, -0.2) is 37.0 Å². The third-order valence-electron chi connectivity index (χ3n) is 4.47. The Kier molecular flexibility index (Phi) is 6.95. The van der Waals surface area contributed by atoms with Crippen molar-refractivity contribution >= 4 is 23.5 Å². The first-order chi connectivity index (χ1) is 15.0. The number of nitrogens with zero attached hydrogens (tertiary/aromatic N) is 2. The number of carbonyl (C=O) groups is 3. The Hall–Kier alpha value is -4.20. The standard InChI is InChI=1S/C23H21N3O5/c1-30-22(28)19-7-3-4-13-26(20(19)23(29)31-2)18-10-8-17(9-11-18)21(27)25-15-16-6-5-12-24-14-16/h3-14H,15H2,1-2H3,(H,25,27). The molecule has 8 nitrogen and oxygen atoms in total. The van der Waals surface area contributed by atoms with E-state index >= 15 is 0 Å². The second kappa shape index (κ2) is 10.0. The number of benzene rings is 1. The van der Waals surface area contributed by atoms with E-state index in [4.69, 9.17) is 9.47 Å². The first-order valence-corrected chi connectivity index (χ1v) is 9.37. The molecule has 31 heavy (non-hydrogen) atoms. The average molecular weight is 419 g/mol. The Labute approximate surface area is 179 Å². The molecule has 1 aliphatic rings. The van der Waals surface area contributed by atoms with Gasteiger partial charge in [-0.15, -0.1) is 0 Å². The van der Waals surface area contributed by atoms with Gasteiger partial charge in [0.2, 0.25) is 0 Å². The van der Waals surface area contributed by atoms with Crippen LogP contribution in [0, 0.1) is 0 Å². The number of ether oxygens (including phenoxy) is 2. The molecule has 1 N–H and O–H groups in total. The number of hydrogen-bond acceptors (Lipinski definition) is 7. The molecule has 0 radical (unpaired) electrons. The molecule has 0 saturated heterocycles. The fourth-order valence-corrected chi connectivity index (χ4v) is 2.93. The van der Waals surface area contributed by atoms with Crippen LogP contribution in [-0.2, 0) is 25.6 Å². The normalized spacial score (nSPS) is 12.9. The van der Waals surface area contributed by atoms with Crippen LogP contribution in [0.4, 0.5) is 5.69 Å². The Bertz CT molecular complexity index is 1060. The second-order valence-corrected chi connectivity index (χ2v) is 6.41. The summed E-state index contributed by atoms with van der Waals surface area (Å²) < 4.78 is 9.68. The van der Waals surface area contributed by atoms with Crippen LogP contribution in [0.2, 0.25) is 0 Å². The Morgan fingerprint density at radius 2 is 1.74 bits per heavy atom. The van der Waals surface area contributed by atoms with E-state index in [-0.39, 0.29) is 17.2 Å². The summed E-state index contributed by atoms with van der Waals surface area (Å²) in [5, 5.41) is 2.83. The molecule has 0 unspecified atom stereocenters. The van der Waals surface area contributed by atoms with Crippen molar-refractivity contribution in [3.8, 4) is 0 Å². The van der Waals surface area contributed by atoms with Crippen molar-refractivity contribution in [2.45, 2.75) is 6.54 Å². The minimum atomic E-state index is -0.699. The number of rotatable bonds is 6. The zero-order valence-electron chi connectivity index (χ0n) is 17.1. The number of nitrogens with one attached hydrogen (secondary N) is 1. The van der Waals surface area contributed by atoms with Gasteiger partial charge >= 0.3 is 11.9 Å². The number of carbonyl (C=O) groups excluding carboxylic acids is 3. The maximum Gasteiger partial charge on any atom is 0.355 e. The first-order valence-electron chi connectivity index (χ1n) is 9.37. The van der Waals surface area contributed by atoms with Crippen molar-refractivity contribution in [2.24, 2.45) is 0 Å². The lowest BCUT2D eigenvalue weighted by Gasteiger charge is -2.23. The summed E-state index contributed by atoms with van der Waals surface area (Å²) in [6.07, 6.45) is 9.75. The maximum absolute atomic E-state index is 12.5. The molecule has 0 spiro atoms. The van der Waals surface area contributed by atoms with E-state index in [1.165, 1.54) is 25.2 Å². The average Bonchev–Trinajstić information content (AvgIpc) is 3.05. The molecule has 0 aliphatic carbocycles. The van der Waals surface area contributed by atoms with Crippen LogP contribution in [0.3, 0.4) is 0 Å². The molecule has 2 aromatic rings. The molecule has 1 aromatic heterocycles. The van der Waals surface area contributed by atoms with Crippen LogP contribution in [0.1, 0.15) is 15.9 Å². The molecule has 158 valence electrons. The van der Waals surface area contributed by atoms with Crippen molar-refractivity contribution < 1.29 is 23.9 Å². The smallest absolute Gasteiger partial charge is 0.355 e. The molecule has 8 heteroatoms. The third-order valence-corrected chi connectivity index (χ3v) is 4.47. The van der Waals surface area contributed by atoms with Crippen LogP contribution in [0.15, 0.2) is 84.5 Å². The number of allylic oxidation sites excluding steroid dienone is 2. The Balaban J connectivity index is 1.85. The van der Waals surface area contributed by atoms with Crippen molar-refractivity contribution in [3.05, 3.63) is 95.6 Å². The van der Waals surface area contributed by atoms with Crippen LogP contribution >= 0.6 is 0 Å². The Morgan fingerprint density at radius 1 is 1.00 bits per heavy atom. The molecule has 3 rings (SSSR count). The van der Waals surface area contributed by atoms with E-state index in [0.29, 0.717) is 17.8 Å². The minimum absolute atomic E-state index is 0.00753. The van der Waals surface area contributed by atoms with E-state index < -0.39 is 11.9 Å². The number of anilines is 1. The first kappa shape index (κ1) is 21.5. The number of aromatic nitrogens is 1. The molecule has 1 aromatic carbocycles. The molecule has 1 amide bonds. The zero-order valence-corrected chi connectivity index (χ0v) is 17.1. The highest BCUT2D eigenvalue weighted by molar-refractivity contribution is 6.05. The lowest BCUT2D eigenvalue weighted by atomic mass is 10.1. The third kappa shape index (κ3) is 5.05. The monoisotopic (exact) mass is 419 g/mol. The lowest BCUT2D eigenvalue weighted by Crippen LogP contribution is -2.27. The summed E-state index contributed by atoms with van der Waals surface area (Å²) in [5.41, 5.74) is 1.95. The summed E-state index contributed by atoms with van der Waals surface area (Å²) in [6, 6.07) is 10.3. The van der Waals surface area contributed by atoms with Gasteiger partial charge in [0.15, 0.2) is 0 Å². The predicted molar refractivity (Wildman–Crippen MR) is 114 cm³/mol. The van der Waals surface area contributed by atoms with Gasteiger partial charge in [0.25, 0.3) is 5.91 Å². The fraction of sp³-hybridized carbons (Fsp3) is 0.130. The minimum Gasteiger partial charge on any atom is -0.465 e. The van der Waals surface area contributed by atoms with E-state index in [0.717, 1.165) is 5.56 Å². The highest BCUT2D eigenvalue weighted by atomic mass is 16.5. The van der Waals surface area contributed by atoms with E-state index in [2.05, 4.69) is 10.3 Å². The van der Waals surface area contributed by atoms with Gasteiger partial charge in [-0.3, -0.25) is 9.78 Å². The van der Waals surface area contributed by atoms with Gasteiger partial charge in [0.1, 0.15) is 5.70 Å². The second-order valence-electron chi connectivity index (χ2n) is 6.41. The van der Waals surface area contributed by atoms with E-state index in [9.17, 15) is 14.4 Å². The topological polar surface area (TPSA) is 97.8 Å². The van der Waals surface area contributed by atoms with Gasteiger partial charge in [-0.1, -0.05) is 12.1 Å². The molecular weight excluding hydrogens is 398 g/mol. The van der Waals surface area contributed by atoms with Crippen LogP contribution in [0.5, 0.6) is 0 Å². The highest BCUT2D eigenvalue weighted by Crippen LogP contribution is 2.26. The largest absolute Gasteiger partial charge is 0.465 e. The number of amides is 1.